The second-order valence-corrected chi connectivity index (χ2v) is 9.64. The average molecular weight is 447 g/mol. The number of fused-ring (bicyclic) bond motifs is 2. The van der Waals surface area contributed by atoms with Crippen LogP contribution in [0.3, 0.4) is 0 Å². The van der Waals surface area contributed by atoms with Crippen molar-refractivity contribution in [3.8, 4) is 0 Å². The predicted molar refractivity (Wildman–Crippen MR) is 125 cm³/mol. The molecule has 0 aliphatic carbocycles. The molecule has 2 heterocycles. The monoisotopic (exact) mass is 446 g/mol. The molecular weight excluding hydrogens is 423 g/mol. The van der Waals surface area contributed by atoms with Gasteiger partial charge in [-0.3, -0.25) is 9.59 Å². The van der Waals surface area contributed by atoms with Gasteiger partial charge in [0.05, 0.1) is 12.2 Å². The van der Waals surface area contributed by atoms with Gasteiger partial charge in [-0.25, -0.2) is 4.39 Å². The van der Waals surface area contributed by atoms with Gasteiger partial charge in [-0.2, -0.15) is 0 Å². The van der Waals surface area contributed by atoms with E-state index in [-0.39, 0.29) is 11.8 Å². The van der Waals surface area contributed by atoms with Gasteiger partial charge in [0.25, 0.3) is 11.8 Å². The van der Waals surface area contributed by atoms with E-state index in [4.69, 9.17) is 0 Å². The summed E-state index contributed by atoms with van der Waals surface area (Å²) in [6.07, 6.45) is 0. The van der Waals surface area contributed by atoms with Gasteiger partial charge in [-0.05, 0) is 49.7 Å². The molecule has 1 unspecified atom stereocenters. The van der Waals surface area contributed by atoms with Crippen molar-refractivity contribution in [1.29, 1.82) is 0 Å². The number of thioether (sulfide) groups is 1. The number of nitrogens with zero attached hydrogens (tertiary/aromatic N) is 2. The number of carbonyl (C=O) groups excluding carboxylic acids is 2. The molecule has 0 aromatic heterocycles. The van der Waals surface area contributed by atoms with E-state index in [1.165, 1.54) is 36.0 Å². The van der Waals surface area contributed by atoms with Crippen LogP contribution in [-0.2, 0) is 16.2 Å². The van der Waals surface area contributed by atoms with Crippen LogP contribution in [0.5, 0.6) is 0 Å². The Balaban J connectivity index is 1.59. The molecule has 1 fully saturated rings. The van der Waals surface area contributed by atoms with Gasteiger partial charge in [0, 0.05) is 23.4 Å². The number of anilines is 1. The van der Waals surface area contributed by atoms with Gasteiger partial charge in [0.1, 0.15) is 5.82 Å². The fraction of sp³-hybridized carbons (Fsp3) is 0.231. The molecule has 5 rings (SSSR count). The highest BCUT2D eigenvalue weighted by atomic mass is 32.2. The summed E-state index contributed by atoms with van der Waals surface area (Å²) in [5.74, 6) is -0.0928. The smallest absolute Gasteiger partial charge is 0.268 e. The van der Waals surface area contributed by atoms with Gasteiger partial charge in [-0.1, -0.05) is 47.5 Å². The lowest BCUT2D eigenvalue weighted by atomic mass is 10.0. The van der Waals surface area contributed by atoms with Crippen LogP contribution in [0.15, 0.2) is 66.7 Å². The molecule has 6 heteroatoms. The predicted octanol–water partition coefficient (Wildman–Crippen LogP) is 5.03. The van der Waals surface area contributed by atoms with Crippen LogP contribution in [0, 0.1) is 19.7 Å². The number of halogens is 1. The Labute approximate surface area is 191 Å². The van der Waals surface area contributed by atoms with Crippen LogP contribution in [0.25, 0.3) is 0 Å². The third-order valence-electron chi connectivity index (χ3n) is 6.11. The van der Waals surface area contributed by atoms with Crippen molar-refractivity contribution in [2.75, 3.05) is 17.2 Å². The maximum Gasteiger partial charge on any atom is 0.268 e. The lowest BCUT2D eigenvalue weighted by Crippen LogP contribution is -2.50. The number of hydrogen-bond donors (Lipinski definition) is 0. The lowest BCUT2D eigenvalue weighted by Gasteiger charge is -2.33. The Bertz CT molecular complexity index is 1230. The molecule has 4 nitrogen and oxygen atoms in total. The van der Waals surface area contributed by atoms with Gasteiger partial charge < -0.3 is 9.80 Å². The van der Waals surface area contributed by atoms with E-state index in [9.17, 15) is 14.0 Å². The molecule has 1 spiro atoms. The first-order valence-corrected chi connectivity index (χ1v) is 11.6. The quantitative estimate of drug-likeness (QED) is 0.567. The fourth-order valence-corrected chi connectivity index (χ4v) is 6.08. The normalized spacial score (nSPS) is 19.7. The largest absolute Gasteiger partial charge is 0.311 e. The first kappa shape index (κ1) is 20.8. The molecule has 2 aliphatic heterocycles. The van der Waals surface area contributed by atoms with E-state index < -0.39 is 10.7 Å². The molecule has 3 aromatic rings. The minimum Gasteiger partial charge on any atom is -0.311 e. The Hall–Kier alpha value is -3.12. The average Bonchev–Trinajstić information content (AvgIpc) is 3.31. The summed E-state index contributed by atoms with van der Waals surface area (Å²) in [5, 5.41) is 0. The standard InChI is InChI=1S/C26H23FN2O2S/c1-17-4-3-5-19(14-17)16-28-23-11-6-18(2)15-22(23)26(25(28)31)29(12-13-32-26)24(30)20-7-9-21(27)10-8-20/h3-11,14-15H,12-13,16H2,1-2H3. The van der Waals surface area contributed by atoms with Crippen molar-refractivity contribution in [3.63, 3.8) is 0 Å². The summed E-state index contributed by atoms with van der Waals surface area (Å²) in [6.45, 7) is 4.92. The molecule has 3 aromatic carbocycles. The second kappa shape index (κ2) is 7.78. The molecule has 32 heavy (non-hydrogen) atoms. The third-order valence-corrected chi connectivity index (χ3v) is 7.53. The first-order valence-electron chi connectivity index (χ1n) is 10.6. The van der Waals surface area contributed by atoms with Crippen LogP contribution in [0.1, 0.15) is 32.6 Å². The summed E-state index contributed by atoms with van der Waals surface area (Å²) in [4.78, 5) is 29.9. The maximum atomic E-state index is 14.0. The van der Waals surface area contributed by atoms with Gasteiger partial charge >= 0.3 is 0 Å². The highest BCUT2D eigenvalue weighted by Crippen LogP contribution is 2.55. The van der Waals surface area contributed by atoms with Crippen molar-refractivity contribution in [1.82, 2.24) is 4.90 Å². The van der Waals surface area contributed by atoms with E-state index in [0.29, 0.717) is 24.4 Å². The van der Waals surface area contributed by atoms with Crippen molar-refractivity contribution < 1.29 is 14.0 Å². The van der Waals surface area contributed by atoms with Crippen molar-refractivity contribution in [2.45, 2.75) is 25.3 Å². The summed E-state index contributed by atoms with van der Waals surface area (Å²) in [6, 6.07) is 19.6. The van der Waals surface area contributed by atoms with Crippen LogP contribution in [-0.4, -0.2) is 29.0 Å². The molecule has 0 bridgehead atoms. The number of carbonyl (C=O) groups is 2. The minimum absolute atomic E-state index is 0.0995. The number of rotatable bonds is 3. The Morgan fingerprint density at radius 1 is 1.03 bits per heavy atom. The molecule has 2 aliphatic rings. The molecule has 0 saturated carbocycles. The number of aryl methyl sites for hydroxylation is 2. The Morgan fingerprint density at radius 3 is 2.53 bits per heavy atom. The number of benzene rings is 3. The zero-order valence-electron chi connectivity index (χ0n) is 18.0. The van der Waals surface area contributed by atoms with Crippen LogP contribution in [0.4, 0.5) is 10.1 Å². The Kier molecular flexibility index (Phi) is 5.05. The van der Waals surface area contributed by atoms with Gasteiger partial charge in [-0.15, -0.1) is 11.8 Å². The van der Waals surface area contributed by atoms with Crippen molar-refractivity contribution in [2.24, 2.45) is 0 Å². The lowest BCUT2D eigenvalue weighted by molar-refractivity contribution is -0.123. The van der Waals surface area contributed by atoms with E-state index in [0.717, 1.165) is 27.9 Å². The van der Waals surface area contributed by atoms with Crippen molar-refractivity contribution in [3.05, 3.63) is 100 Å². The van der Waals surface area contributed by atoms with Gasteiger partial charge in [0.2, 0.25) is 0 Å². The molecule has 0 N–H and O–H groups in total. The highest BCUT2D eigenvalue weighted by molar-refractivity contribution is 8.01. The summed E-state index contributed by atoms with van der Waals surface area (Å²) in [7, 11) is 0. The molecule has 1 atom stereocenters. The first-order chi connectivity index (χ1) is 15.4. The molecule has 2 amide bonds. The zero-order chi connectivity index (χ0) is 22.5. The molecule has 1 saturated heterocycles. The number of amides is 2. The van der Waals surface area contributed by atoms with E-state index in [2.05, 4.69) is 6.07 Å². The highest BCUT2D eigenvalue weighted by Gasteiger charge is 2.59. The minimum atomic E-state index is -1.10. The zero-order valence-corrected chi connectivity index (χ0v) is 18.8. The molecule has 0 radical (unpaired) electrons. The van der Waals surface area contributed by atoms with E-state index in [1.807, 2.05) is 50.2 Å². The summed E-state index contributed by atoms with van der Waals surface area (Å²) in [5.41, 5.74) is 5.29. The van der Waals surface area contributed by atoms with E-state index >= 15 is 0 Å². The summed E-state index contributed by atoms with van der Waals surface area (Å²) >= 11 is 1.50. The van der Waals surface area contributed by atoms with Crippen molar-refractivity contribution >= 4 is 29.3 Å². The topological polar surface area (TPSA) is 40.6 Å². The SMILES string of the molecule is Cc1cccc(CN2C(=O)C3(SCCN3C(=O)c3ccc(F)cc3)c3cc(C)ccc32)c1. The van der Waals surface area contributed by atoms with Crippen LogP contribution < -0.4 is 4.90 Å². The van der Waals surface area contributed by atoms with Crippen LogP contribution in [0.2, 0.25) is 0 Å². The fourth-order valence-electron chi connectivity index (χ4n) is 4.63. The summed E-state index contributed by atoms with van der Waals surface area (Å²) < 4.78 is 13.4. The maximum absolute atomic E-state index is 14.0. The Morgan fingerprint density at radius 2 is 1.78 bits per heavy atom. The number of hydrogen-bond acceptors (Lipinski definition) is 3. The third kappa shape index (κ3) is 3.21. The van der Waals surface area contributed by atoms with Gasteiger partial charge in [0.15, 0.2) is 4.87 Å². The molecule has 162 valence electrons. The second-order valence-electron chi connectivity index (χ2n) is 8.36. The van der Waals surface area contributed by atoms with E-state index in [1.54, 1.807) is 9.80 Å². The molecular formula is C26H23FN2O2S. The van der Waals surface area contributed by atoms with Crippen LogP contribution >= 0.6 is 11.8 Å².